The summed E-state index contributed by atoms with van der Waals surface area (Å²) < 4.78 is 6.69. The van der Waals surface area contributed by atoms with Crippen LogP contribution in [0.25, 0.3) is 11.0 Å². The van der Waals surface area contributed by atoms with Crippen molar-refractivity contribution < 1.29 is 9.53 Å². The topological polar surface area (TPSA) is 70.1 Å². The summed E-state index contributed by atoms with van der Waals surface area (Å²) in [5.41, 5.74) is 6.77. The molecule has 0 aliphatic carbocycles. The van der Waals surface area contributed by atoms with Crippen molar-refractivity contribution in [3.63, 3.8) is 0 Å². The molecule has 0 fully saturated rings. The molecule has 0 aliphatic rings. The molecule has 1 heterocycles. The molecule has 1 aromatic carbocycles. The van der Waals surface area contributed by atoms with Gasteiger partial charge in [0.05, 0.1) is 23.0 Å². The third kappa shape index (κ3) is 2.56. The molecule has 1 atom stereocenters. The molecule has 5 nitrogen and oxygen atoms in total. The number of amides is 1. The summed E-state index contributed by atoms with van der Waals surface area (Å²) in [6.07, 6.45) is -0.778. The molecule has 2 rings (SSSR count). The Morgan fingerprint density at radius 3 is 2.94 bits per heavy atom. The Hall–Kier alpha value is -1.75. The number of fused-ring (bicyclic) bond motifs is 1. The number of nitrogens with two attached hydrogens (primary N) is 1. The van der Waals surface area contributed by atoms with Crippen LogP contribution in [0.3, 0.4) is 0 Å². The lowest BCUT2D eigenvalue weighted by atomic mass is 10.3. The number of rotatable bonds is 4. The molecular weight excluding hydrogens is 254 g/mol. The molecule has 0 bridgehead atoms. The number of primary amides is 1. The van der Waals surface area contributed by atoms with Gasteiger partial charge in [0.15, 0.2) is 0 Å². The van der Waals surface area contributed by atoms with Crippen LogP contribution in [0.2, 0.25) is 0 Å². The minimum atomic E-state index is -0.778. The van der Waals surface area contributed by atoms with Crippen molar-refractivity contribution in [3.8, 4) is 0 Å². The highest BCUT2D eigenvalue weighted by molar-refractivity contribution is 6.20. The number of nitrogens with zero attached hydrogens (tertiary/aromatic N) is 2. The third-order valence-corrected chi connectivity index (χ3v) is 2.79. The van der Waals surface area contributed by atoms with Gasteiger partial charge in [0.1, 0.15) is 12.4 Å². The zero-order valence-electron chi connectivity index (χ0n) is 9.97. The number of aromatic nitrogens is 2. The van der Waals surface area contributed by atoms with Gasteiger partial charge in [0.25, 0.3) is 0 Å². The van der Waals surface area contributed by atoms with Gasteiger partial charge in [-0.05, 0) is 19.1 Å². The Balaban J connectivity index is 2.33. The summed E-state index contributed by atoms with van der Waals surface area (Å²) in [6, 6.07) is 7.72. The van der Waals surface area contributed by atoms with Crippen molar-refractivity contribution in [1.29, 1.82) is 0 Å². The molecule has 1 amide bonds. The number of hydrogen-bond donors (Lipinski definition) is 1. The zero-order valence-corrected chi connectivity index (χ0v) is 10.7. The number of alkyl halides is 1. The number of para-hydroxylation sites is 2. The van der Waals surface area contributed by atoms with Gasteiger partial charge in [-0.2, -0.15) is 0 Å². The Morgan fingerprint density at radius 2 is 2.28 bits per heavy atom. The van der Waals surface area contributed by atoms with Gasteiger partial charge >= 0.3 is 6.09 Å². The van der Waals surface area contributed by atoms with E-state index in [-0.39, 0.29) is 12.0 Å². The van der Waals surface area contributed by atoms with Crippen molar-refractivity contribution in [2.45, 2.75) is 18.8 Å². The smallest absolute Gasteiger partial charge is 0.404 e. The van der Waals surface area contributed by atoms with E-state index in [2.05, 4.69) is 4.98 Å². The van der Waals surface area contributed by atoms with Gasteiger partial charge in [0.2, 0.25) is 0 Å². The largest absolute Gasteiger partial charge is 0.448 e. The maximum Gasteiger partial charge on any atom is 0.404 e. The van der Waals surface area contributed by atoms with E-state index < -0.39 is 6.09 Å². The molecule has 18 heavy (non-hydrogen) atoms. The zero-order chi connectivity index (χ0) is 13.1. The SMILES string of the molecule is CC(Cl)c1nc2ccccc2n1CCOC(N)=O. The molecule has 96 valence electrons. The number of benzene rings is 1. The van der Waals surface area contributed by atoms with Gasteiger partial charge in [0, 0.05) is 0 Å². The molecule has 0 aliphatic heterocycles. The highest BCUT2D eigenvalue weighted by atomic mass is 35.5. The van der Waals surface area contributed by atoms with E-state index in [1.165, 1.54) is 0 Å². The molecule has 1 unspecified atom stereocenters. The van der Waals surface area contributed by atoms with E-state index in [0.717, 1.165) is 16.9 Å². The lowest BCUT2D eigenvalue weighted by Crippen LogP contribution is -2.17. The molecule has 0 spiro atoms. The monoisotopic (exact) mass is 267 g/mol. The van der Waals surface area contributed by atoms with Gasteiger partial charge in [-0.25, -0.2) is 9.78 Å². The number of carbonyl (C=O) groups is 1. The highest BCUT2D eigenvalue weighted by Crippen LogP contribution is 2.24. The van der Waals surface area contributed by atoms with Gasteiger partial charge in [-0.15, -0.1) is 11.6 Å². The molecule has 2 aromatic rings. The molecule has 0 saturated carbocycles. The van der Waals surface area contributed by atoms with E-state index >= 15 is 0 Å². The second kappa shape index (κ2) is 5.27. The number of ether oxygens (including phenoxy) is 1. The summed E-state index contributed by atoms with van der Waals surface area (Å²) in [5, 5.41) is -0.217. The number of halogens is 1. The highest BCUT2D eigenvalue weighted by Gasteiger charge is 2.14. The summed E-state index contributed by atoms with van der Waals surface area (Å²) in [7, 11) is 0. The average Bonchev–Trinajstić information content (AvgIpc) is 2.68. The van der Waals surface area contributed by atoms with Crippen LogP contribution in [0, 0.1) is 0 Å². The molecular formula is C12H14ClN3O2. The first-order valence-corrected chi connectivity index (χ1v) is 6.04. The van der Waals surface area contributed by atoms with E-state index in [0.29, 0.717) is 6.54 Å². The predicted octanol–water partition coefficient (Wildman–Crippen LogP) is 2.43. The molecule has 1 aromatic heterocycles. The molecule has 2 N–H and O–H groups in total. The van der Waals surface area contributed by atoms with Crippen LogP contribution in [0.4, 0.5) is 4.79 Å². The molecule has 0 radical (unpaired) electrons. The fourth-order valence-corrected chi connectivity index (χ4v) is 2.04. The third-order valence-electron chi connectivity index (χ3n) is 2.60. The van der Waals surface area contributed by atoms with Crippen molar-refractivity contribution in [2.75, 3.05) is 6.61 Å². The number of hydrogen-bond acceptors (Lipinski definition) is 3. The Labute approximate surface area is 109 Å². The van der Waals surface area contributed by atoms with Crippen molar-refractivity contribution in [1.82, 2.24) is 9.55 Å². The van der Waals surface area contributed by atoms with Crippen LogP contribution in [0.15, 0.2) is 24.3 Å². The Kier molecular flexibility index (Phi) is 3.72. The summed E-state index contributed by atoms with van der Waals surface area (Å²) in [6.45, 7) is 2.54. The fraction of sp³-hybridized carbons (Fsp3) is 0.333. The van der Waals surface area contributed by atoms with Gasteiger partial charge in [-0.3, -0.25) is 0 Å². The van der Waals surface area contributed by atoms with Crippen molar-refractivity contribution >= 4 is 28.7 Å². The fourth-order valence-electron chi connectivity index (χ4n) is 1.87. The van der Waals surface area contributed by atoms with Crippen molar-refractivity contribution in [2.24, 2.45) is 5.73 Å². The van der Waals surface area contributed by atoms with E-state index in [1.54, 1.807) is 0 Å². The van der Waals surface area contributed by atoms with E-state index in [1.807, 2.05) is 35.8 Å². The van der Waals surface area contributed by atoms with E-state index in [9.17, 15) is 4.79 Å². The first-order chi connectivity index (χ1) is 8.59. The lowest BCUT2D eigenvalue weighted by Gasteiger charge is -2.10. The Morgan fingerprint density at radius 1 is 1.56 bits per heavy atom. The van der Waals surface area contributed by atoms with Crippen LogP contribution < -0.4 is 5.73 Å². The van der Waals surface area contributed by atoms with Crippen molar-refractivity contribution in [3.05, 3.63) is 30.1 Å². The normalized spacial score (nSPS) is 12.6. The summed E-state index contributed by atoms with van der Waals surface area (Å²) in [4.78, 5) is 15.0. The van der Waals surface area contributed by atoms with Gasteiger partial charge < -0.3 is 15.0 Å². The summed E-state index contributed by atoms with van der Waals surface area (Å²) in [5.74, 6) is 0.755. The van der Waals surface area contributed by atoms with Crippen LogP contribution in [0.5, 0.6) is 0 Å². The standard InChI is InChI=1S/C12H14ClN3O2/c1-8(13)11-15-9-4-2-3-5-10(9)16(11)6-7-18-12(14)17/h2-5,8H,6-7H2,1H3,(H2,14,17). The first-order valence-electron chi connectivity index (χ1n) is 5.61. The van der Waals surface area contributed by atoms with Gasteiger partial charge in [-0.1, -0.05) is 12.1 Å². The second-order valence-corrected chi connectivity index (χ2v) is 4.55. The quantitative estimate of drug-likeness (QED) is 0.865. The molecule has 0 saturated heterocycles. The minimum absolute atomic E-state index is 0.201. The van der Waals surface area contributed by atoms with Crippen LogP contribution in [-0.2, 0) is 11.3 Å². The van der Waals surface area contributed by atoms with Crippen LogP contribution in [-0.4, -0.2) is 22.3 Å². The summed E-state index contributed by atoms with van der Waals surface area (Å²) >= 11 is 6.11. The second-order valence-electron chi connectivity index (χ2n) is 3.89. The maximum atomic E-state index is 10.6. The Bertz CT molecular complexity index is 565. The lowest BCUT2D eigenvalue weighted by molar-refractivity contribution is 0.152. The van der Waals surface area contributed by atoms with Crippen LogP contribution in [0.1, 0.15) is 18.1 Å². The van der Waals surface area contributed by atoms with E-state index in [4.69, 9.17) is 22.1 Å². The predicted molar refractivity (Wildman–Crippen MR) is 69.5 cm³/mol. The number of carbonyl (C=O) groups excluding carboxylic acids is 1. The minimum Gasteiger partial charge on any atom is -0.448 e. The first kappa shape index (κ1) is 12.7. The average molecular weight is 268 g/mol. The number of imidazole rings is 1. The van der Waals surface area contributed by atoms with Crippen LogP contribution >= 0.6 is 11.6 Å². The molecule has 6 heteroatoms. The maximum absolute atomic E-state index is 10.6.